The predicted octanol–water partition coefficient (Wildman–Crippen LogP) is 2.79. The summed E-state index contributed by atoms with van der Waals surface area (Å²) in [5.41, 5.74) is 1.09. The van der Waals surface area contributed by atoms with Crippen molar-refractivity contribution in [3.8, 4) is 0 Å². The Morgan fingerprint density at radius 2 is 2.25 bits per heavy atom. The molecule has 1 aliphatic heterocycles. The van der Waals surface area contributed by atoms with Crippen LogP contribution in [0.2, 0.25) is 0 Å². The second-order valence-corrected chi connectivity index (χ2v) is 7.20. The molecule has 1 fully saturated rings. The maximum atomic E-state index is 12.6. The lowest BCUT2D eigenvalue weighted by atomic mass is 9.77. The van der Waals surface area contributed by atoms with E-state index in [1.807, 2.05) is 11.1 Å². The van der Waals surface area contributed by atoms with Gasteiger partial charge in [0, 0.05) is 50.3 Å². The van der Waals surface area contributed by atoms with Crippen LogP contribution < -0.4 is 0 Å². The number of allylic oxidation sites excluding steroid dienone is 2. The number of piperidine rings is 1. The minimum absolute atomic E-state index is 0.141. The number of carbonyl (C=O) groups excluding carboxylic acids is 1. The predicted molar refractivity (Wildman–Crippen MR) is 95.6 cm³/mol. The van der Waals surface area contributed by atoms with E-state index in [2.05, 4.69) is 36.4 Å². The number of rotatable bonds is 7. The van der Waals surface area contributed by atoms with Gasteiger partial charge in [-0.2, -0.15) is 0 Å². The van der Waals surface area contributed by atoms with Gasteiger partial charge >= 0.3 is 0 Å². The zero-order valence-electron chi connectivity index (χ0n) is 15.3. The number of amides is 1. The van der Waals surface area contributed by atoms with Gasteiger partial charge in [0.1, 0.15) is 5.82 Å². The van der Waals surface area contributed by atoms with Crippen molar-refractivity contribution in [3.05, 3.63) is 29.9 Å². The lowest BCUT2D eigenvalue weighted by molar-refractivity contribution is -0.135. The summed E-state index contributed by atoms with van der Waals surface area (Å²) >= 11 is 0. The molecule has 134 valence electrons. The largest absolute Gasteiger partial charge is 0.396 e. The molecule has 5 heteroatoms. The minimum Gasteiger partial charge on any atom is -0.396 e. The Balaban J connectivity index is 1.95. The summed E-state index contributed by atoms with van der Waals surface area (Å²) in [5.74, 6) is 1.20. The van der Waals surface area contributed by atoms with Crippen LogP contribution in [0.15, 0.2) is 24.0 Å². The van der Waals surface area contributed by atoms with Gasteiger partial charge in [-0.15, -0.1) is 0 Å². The number of aliphatic hydroxyl groups is 1. The maximum absolute atomic E-state index is 12.6. The molecular formula is C19H31N3O2. The number of imidazole rings is 1. The molecule has 2 heterocycles. The van der Waals surface area contributed by atoms with E-state index in [0.29, 0.717) is 19.5 Å². The fourth-order valence-electron chi connectivity index (χ4n) is 3.43. The van der Waals surface area contributed by atoms with E-state index in [9.17, 15) is 9.90 Å². The van der Waals surface area contributed by atoms with Crippen LogP contribution in [0.5, 0.6) is 0 Å². The monoisotopic (exact) mass is 333 g/mol. The zero-order chi connectivity index (χ0) is 17.6. The highest BCUT2D eigenvalue weighted by atomic mass is 16.3. The van der Waals surface area contributed by atoms with Crippen molar-refractivity contribution in [2.45, 2.75) is 59.4 Å². The summed E-state index contributed by atoms with van der Waals surface area (Å²) in [6.45, 7) is 8.52. The second kappa shape index (κ2) is 8.47. The van der Waals surface area contributed by atoms with Gasteiger partial charge in [0.25, 0.3) is 0 Å². The molecule has 1 amide bonds. The van der Waals surface area contributed by atoms with E-state index < -0.39 is 0 Å². The van der Waals surface area contributed by atoms with Gasteiger partial charge in [0.05, 0.1) is 6.61 Å². The SMILES string of the molecule is CCc1nccn1CCC(=O)N1CCC[C@](CO)(CC=C(C)C)C1. The third-order valence-corrected chi connectivity index (χ3v) is 4.98. The van der Waals surface area contributed by atoms with Crippen LogP contribution in [0.3, 0.4) is 0 Å². The molecule has 0 aliphatic carbocycles. The molecule has 1 aromatic rings. The number of nitrogens with zero attached hydrogens (tertiary/aromatic N) is 3. The third-order valence-electron chi connectivity index (χ3n) is 4.98. The number of aromatic nitrogens is 2. The highest BCUT2D eigenvalue weighted by molar-refractivity contribution is 5.76. The molecule has 1 aromatic heterocycles. The first kappa shape index (κ1) is 18.7. The molecule has 1 atom stereocenters. The minimum atomic E-state index is -0.172. The molecule has 0 bridgehead atoms. The molecule has 0 spiro atoms. The lowest BCUT2D eigenvalue weighted by Gasteiger charge is -2.41. The summed E-state index contributed by atoms with van der Waals surface area (Å²) in [6, 6.07) is 0. The zero-order valence-corrected chi connectivity index (χ0v) is 15.3. The number of aliphatic hydroxyl groups excluding tert-OH is 1. The molecule has 1 aliphatic rings. The summed E-state index contributed by atoms with van der Waals surface area (Å²) in [6.07, 6.45) is 10.1. The van der Waals surface area contributed by atoms with Gasteiger partial charge in [-0.25, -0.2) is 4.98 Å². The Hall–Kier alpha value is -1.62. The Labute approximate surface area is 145 Å². The van der Waals surface area contributed by atoms with Crippen molar-refractivity contribution >= 4 is 5.91 Å². The van der Waals surface area contributed by atoms with Crippen molar-refractivity contribution < 1.29 is 9.90 Å². The summed E-state index contributed by atoms with van der Waals surface area (Å²) < 4.78 is 2.06. The average molecular weight is 333 g/mol. The second-order valence-electron chi connectivity index (χ2n) is 7.20. The highest BCUT2D eigenvalue weighted by Gasteiger charge is 2.35. The van der Waals surface area contributed by atoms with Gasteiger partial charge in [-0.3, -0.25) is 4.79 Å². The van der Waals surface area contributed by atoms with Gasteiger partial charge < -0.3 is 14.6 Å². The number of hydrogen-bond donors (Lipinski definition) is 1. The molecule has 0 unspecified atom stereocenters. The molecular weight excluding hydrogens is 302 g/mol. The Morgan fingerprint density at radius 3 is 2.92 bits per heavy atom. The lowest BCUT2D eigenvalue weighted by Crippen LogP contribution is -2.47. The van der Waals surface area contributed by atoms with Crippen molar-refractivity contribution in [3.63, 3.8) is 0 Å². The fraction of sp³-hybridized carbons (Fsp3) is 0.684. The van der Waals surface area contributed by atoms with E-state index in [1.54, 1.807) is 6.20 Å². The molecule has 0 aromatic carbocycles. The molecule has 5 nitrogen and oxygen atoms in total. The van der Waals surface area contributed by atoms with Gasteiger partial charge in [0.2, 0.25) is 5.91 Å². The van der Waals surface area contributed by atoms with E-state index >= 15 is 0 Å². The molecule has 0 saturated carbocycles. The van der Waals surface area contributed by atoms with Gasteiger partial charge in [-0.1, -0.05) is 18.6 Å². The molecule has 0 radical (unpaired) electrons. The van der Waals surface area contributed by atoms with Gasteiger partial charge in [0.15, 0.2) is 0 Å². The van der Waals surface area contributed by atoms with Crippen LogP contribution in [0, 0.1) is 5.41 Å². The Kier molecular flexibility index (Phi) is 6.60. The summed E-state index contributed by atoms with van der Waals surface area (Å²) in [4.78, 5) is 18.9. The molecule has 1 saturated heterocycles. The molecule has 2 rings (SSSR count). The standard InChI is InChI=1S/C19H31N3O2/c1-4-17-20-10-13-21(17)12-7-18(24)22-11-5-8-19(14-22,15-23)9-6-16(2)3/h6,10,13,23H,4-5,7-9,11-12,14-15H2,1-3H3/t19-/m0/s1. The fourth-order valence-corrected chi connectivity index (χ4v) is 3.43. The number of likely N-dealkylation sites (tertiary alicyclic amines) is 1. The smallest absolute Gasteiger partial charge is 0.224 e. The van der Waals surface area contributed by atoms with Crippen LogP contribution in [0.4, 0.5) is 0 Å². The normalized spacial score (nSPS) is 20.9. The maximum Gasteiger partial charge on any atom is 0.224 e. The molecule has 24 heavy (non-hydrogen) atoms. The van der Waals surface area contributed by atoms with Crippen LogP contribution in [-0.2, 0) is 17.8 Å². The first-order chi connectivity index (χ1) is 11.5. The average Bonchev–Trinajstić information content (AvgIpc) is 3.05. The highest BCUT2D eigenvalue weighted by Crippen LogP contribution is 2.34. The van der Waals surface area contributed by atoms with Crippen molar-refractivity contribution in [1.82, 2.24) is 14.5 Å². The van der Waals surface area contributed by atoms with E-state index in [-0.39, 0.29) is 17.9 Å². The van der Waals surface area contributed by atoms with E-state index in [4.69, 9.17) is 0 Å². The first-order valence-corrected chi connectivity index (χ1v) is 9.01. The number of carbonyl (C=O) groups is 1. The Morgan fingerprint density at radius 1 is 1.46 bits per heavy atom. The van der Waals surface area contributed by atoms with Crippen LogP contribution in [0.1, 0.15) is 52.3 Å². The van der Waals surface area contributed by atoms with Crippen LogP contribution in [0.25, 0.3) is 0 Å². The van der Waals surface area contributed by atoms with Crippen molar-refractivity contribution in [2.75, 3.05) is 19.7 Å². The molecule has 1 N–H and O–H groups in total. The number of hydrogen-bond acceptors (Lipinski definition) is 3. The summed E-state index contributed by atoms with van der Waals surface area (Å²) in [5, 5.41) is 9.92. The van der Waals surface area contributed by atoms with E-state index in [1.165, 1.54) is 5.57 Å². The quantitative estimate of drug-likeness (QED) is 0.781. The third kappa shape index (κ3) is 4.69. The van der Waals surface area contributed by atoms with Crippen molar-refractivity contribution in [2.24, 2.45) is 5.41 Å². The first-order valence-electron chi connectivity index (χ1n) is 9.01. The van der Waals surface area contributed by atoms with E-state index in [0.717, 1.165) is 38.1 Å². The van der Waals surface area contributed by atoms with Crippen molar-refractivity contribution in [1.29, 1.82) is 0 Å². The topological polar surface area (TPSA) is 58.4 Å². The van der Waals surface area contributed by atoms with Gasteiger partial charge in [-0.05, 0) is 33.1 Å². The summed E-state index contributed by atoms with van der Waals surface area (Å²) in [7, 11) is 0. The number of aryl methyl sites for hydroxylation is 2. The Bertz CT molecular complexity index is 575. The van der Waals surface area contributed by atoms with Crippen LogP contribution >= 0.6 is 0 Å². The van der Waals surface area contributed by atoms with Crippen LogP contribution in [-0.4, -0.2) is 45.2 Å².